The number of Topliss-reactive ketones (excluding diaryl/α,β-unsaturated/α-hetero) is 1. The Kier molecular flexibility index (Phi) is 6.19. The van der Waals surface area contributed by atoms with Crippen LogP contribution in [0.2, 0.25) is 0 Å². The first-order valence-electron chi connectivity index (χ1n) is 11.6. The Balaban J connectivity index is 1.44. The molecule has 3 aromatic rings. The fourth-order valence-corrected chi connectivity index (χ4v) is 4.60. The highest BCUT2D eigenvalue weighted by Gasteiger charge is 2.28. The Morgan fingerprint density at radius 3 is 2.69 bits per heavy atom. The summed E-state index contributed by atoms with van der Waals surface area (Å²) in [6.45, 7) is 6.08. The zero-order valence-electron chi connectivity index (χ0n) is 19.9. The van der Waals surface area contributed by atoms with Gasteiger partial charge in [0, 0.05) is 67.6 Å². The van der Waals surface area contributed by atoms with E-state index in [9.17, 15) is 9.59 Å². The first-order chi connectivity index (χ1) is 16.9. The van der Waals surface area contributed by atoms with Gasteiger partial charge in [-0.1, -0.05) is 0 Å². The van der Waals surface area contributed by atoms with Crippen molar-refractivity contribution in [3.63, 3.8) is 0 Å². The highest BCUT2D eigenvalue weighted by atomic mass is 16.5. The van der Waals surface area contributed by atoms with Crippen molar-refractivity contribution in [2.24, 2.45) is 5.73 Å². The summed E-state index contributed by atoms with van der Waals surface area (Å²) in [4.78, 5) is 29.1. The van der Waals surface area contributed by atoms with E-state index in [4.69, 9.17) is 15.2 Å². The van der Waals surface area contributed by atoms with Crippen molar-refractivity contribution < 1.29 is 19.1 Å². The molecule has 9 nitrogen and oxygen atoms in total. The first-order valence-corrected chi connectivity index (χ1v) is 11.6. The number of anilines is 1. The molecule has 0 saturated carbocycles. The number of fused-ring (bicyclic) bond motifs is 2. The number of carbonyl (C=O) groups excluding carboxylic acids is 2. The van der Waals surface area contributed by atoms with E-state index in [-0.39, 0.29) is 11.5 Å². The van der Waals surface area contributed by atoms with Crippen molar-refractivity contribution >= 4 is 34.5 Å². The van der Waals surface area contributed by atoms with Crippen molar-refractivity contribution in [2.45, 2.75) is 6.54 Å². The maximum absolute atomic E-state index is 13.1. The molecule has 2 aliphatic rings. The number of hydrogen-bond acceptors (Lipinski definition) is 6. The second-order valence-electron chi connectivity index (χ2n) is 8.95. The number of piperazine rings is 1. The van der Waals surface area contributed by atoms with E-state index < -0.39 is 6.03 Å². The third-order valence-electron chi connectivity index (χ3n) is 6.59. The molecule has 1 fully saturated rings. The molecule has 0 bridgehead atoms. The third-order valence-corrected chi connectivity index (χ3v) is 6.59. The van der Waals surface area contributed by atoms with Crippen LogP contribution in [-0.2, 0) is 6.54 Å². The van der Waals surface area contributed by atoms with E-state index in [1.807, 2.05) is 18.2 Å². The van der Waals surface area contributed by atoms with E-state index in [1.165, 1.54) is 0 Å². The predicted octanol–water partition coefficient (Wildman–Crippen LogP) is 3.00. The number of rotatable bonds is 6. The monoisotopic (exact) mass is 475 g/mol. The molecule has 0 atom stereocenters. The lowest BCUT2D eigenvalue weighted by Crippen LogP contribution is -2.45. The standard InChI is InChI=1S/C26H29N5O4/c1-29-7-9-30(10-8-29)11-12-31-16-17(20-15-19(34-2)4-5-22(20)31)13-24-25(32)21-14-18(28-26(27)33)3-6-23(21)35-24/h3-6,13-16H,7-12H2,1-2H3,(H3,27,28,33). The Bertz CT molecular complexity index is 1320. The fraction of sp³-hybridized carbons (Fsp3) is 0.308. The van der Waals surface area contributed by atoms with Gasteiger partial charge in [-0.25, -0.2) is 4.79 Å². The Morgan fingerprint density at radius 1 is 1.14 bits per heavy atom. The summed E-state index contributed by atoms with van der Waals surface area (Å²) in [6, 6.07) is 10.2. The first kappa shape index (κ1) is 22.9. The van der Waals surface area contributed by atoms with Crippen molar-refractivity contribution in [1.82, 2.24) is 14.4 Å². The number of nitrogens with two attached hydrogens (primary N) is 1. The van der Waals surface area contributed by atoms with Gasteiger partial charge in [-0.15, -0.1) is 0 Å². The zero-order valence-corrected chi connectivity index (χ0v) is 19.9. The number of hydrogen-bond donors (Lipinski definition) is 2. The maximum atomic E-state index is 13.1. The van der Waals surface area contributed by atoms with Crippen LogP contribution in [0.1, 0.15) is 15.9 Å². The number of likely N-dealkylation sites (N-methyl/N-ethyl adjacent to an activating group) is 1. The van der Waals surface area contributed by atoms with Gasteiger partial charge in [-0.2, -0.15) is 0 Å². The summed E-state index contributed by atoms with van der Waals surface area (Å²) >= 11 is 0. The summed E-state index contributed by atoms with van der Waals surface area (Å²) in [6.07, 6.45) is 3.84. The number of amides is 2. The lowest BCUT2D eigenvalue weighted by molar-refractivity contribution is 0.101. The van der Waals surface area contributed by atoms with E-state index >= 15 is 0 Å². The molecular formula is C26H29N5O4. The summed E-state index contributed by atoms with van der Waals surface area (Å²) < 4.78 is 13.6. The summed E-state index contributed by atoms with van der Waals surface area (Å²) in [7, 11) is 3.80. The van der Waals surface area contributed by atoms with Gasteiger partial charge in [0.15, 0.2) is 5.76 Å². The highest BCUT2D eigenvalue weighted by Crippen LogP contribution is 2.35. The molecule has 5 rings (SSSR count). The number of methoxy groups -OCH3 is 1. The average Bonchev–Trinajstić information content (AvgIpc) is 3.35. The molecule has 3 N–H and O–H groups in total. The van der Waals surface area contributed by atoms with Crippen molar-refractivity contribution in [3.8, 4) is 11.5 Å². The minimum Gasteiger partial charge on any atom is -0.497 e. The molecule has 3 heterocycles. The maximum Gasteiger partial charge on any atom is 0.316 e. The van der Waals surface area contributed by atoms with Gasteiger partial charge >= 0.3 is 6.03 Å². The number of primary amides is 1. The van der Waals surface area contributed by atoms with E-state index in [1.54, 1.807) is 31.4 Å². The van der Waals surface area contributed by atoms with E-state index in [0.717, 1.165) is 61.5 Å². The molecule has 35 heavy (non-hydrogen) atoms. The largest absolute Gasteiger partial charge is 0.497 e. The number of nitrogens with one attached hydrogen (secondary N) is 1. The van der Waals surface area contributed by atoms with Gasteiger partial charge in [-0.05, 0) is 49.5 Å². The molecule has 2 aromatic carbocycles. The molecule has 0 radical (unpaired) electrons. The Labute approximate surface area is 203 Å². The second kappa shape index (κ2) is 9.44. The molecule has 182 valence electrons. The van der Waals surface area contributed by atoms with Crippen molar-refractivity contribution in [2.75, 3.05) is 52.2 Å². The number of ketones is 1. The summed E-state index contributed by atoms with van der Waals surface area (Å²) in [5.41, 5.74) is 7.98. The minimum atomic E-state index is -0.689. The normalized spacial score (nSPS) is 17.5. The topological polar surface area (TPSA) is 102 Å². The predicted molar refractivity (Wildman–Crippen MR) is 135 cm³/mol. The van der Waals surface area contributed by atoms with Crippen molar-refractivity contribution in [3.05, 3.63) is 59.5 Å². The van der Waals surface area contributed by atoms with Crippen molar-refractivity contribution in [1.29, 1.82) is 0 Å². The number of carbonyl (C=O) groups is 2. The van der Waals surface area contributed by atoms with Gasteiger partial charge in [0.25, 0.3) is 0 Å². The molecule has 1 aromatic heterocycles. The second-order valence-corrected chi connectivity index (χ2v) is 8.95. The highest BCUT2D eigenvalue weighted by molar-refractivity contribution is 6.15. The number of nitrogens with zero attached hydrogens (tertiary/aromatic N) is 3. The number of benzene rings is 2. The summed E-state index contributed by atoms with van der Waals surface area (Å²) in [5.74, 6) is 1.19. The van der Waals surface area contributed by atoms with Crippen LogP contribution in [0.5, 0.6) is 11.5 Å². The molecule has 1 saturated heterocycles. The van der Waals surface area contributed by atoms with Gasteiger partial charge in [-0.3, -0.25) is 9.69 Å². The van der Waals surface area contributed by atoms with Gasteiger partial charge < -0.3 is 30.0 Å². The van der Waals surface area contributed by atoms with Crippen LogP contribution in [0.15, 0.2) is 48.4 Å². The van der Waals surface area contributed by atoms with Crippen LogP contribution in [0.4, 0.5) is 10.5 Å². The minimum absolute atomic E-state index is 0.233. The SMILES string of the molecule is COc1ccc2c(c1)c(C=C1Oc3ccc(NC(N)=O)cc3C1=O)cn2CCN1CCN(C)CC1. The molecule has 0 unspecified atom stereocenters. The lowest BCUT2D eigenvalue weighted by Gasteiger charge is -2.32. The van der Waals surface area contributed by atoms with E-state index in [2.05, 4.69) is 32.9 Å². The number of allylic oxidation sites excluding steroid dienone is 1. The summed E-state index contributed by atoms with van der Waals surface area (Å²) in [5, 5.41) is 3.48. The molecule has 9 heteroatoms. The van der Waals surface area contributed by atoms with Crippen LogP contribution >= 0.6 is 0 Å². The quantitative estimate of drug-likeness (QED) is 0.532. The van der Waals surface area contributed by atoms with Gasteiger partial charge in [0.1, 0.15) is 11.5 Å². The van der Waals surface area contributed by atoms with Crippen LogP contribution in [0.3, 0.4) is 0 Å². The molecule has 0 spiro atoms. The smallest absolute Gasteiger partial charge is 0.316 e. The molecule has 0 aliphatic carbocycles. The third kappa shape index (κ3) is 4.73. The van der Waals surface area contributed by atoms with Crippen LogP contribution in [-0.4, -0.2) is 73.1 Å². The van der Waals surface area contributed by atoms with Crippen LogP contribution in [0.25, 0.3) is 17.0 Å². The zero-order chi connectivity index (χ0) is 24.5. The van der Waals surface area contributed by atoms with Gasteiger partial charge in [0.2, 0.25) is 5.78 Å². The molecular weight excluding hydrogens is 446 g/mol. The average molecular weight is 476 g/mol. The molecule has 2 aliphatic heterocycles. The lowest BCUT2D eigenvalue weighted by atomic mass is 10.1. The van der Waals surface area contributed by atoms with Crippen LogP contribution < -0.4 is 20.5 Å². The van der Waals surface area contributed by atoms with Crippen LogP contribution in [0, 0.1) is 0 Å². The number of urea groups is 1. The number of aromatic nitrogens is 1. The Morgan fingerprint density at radius 2 is 1.94 bits per heavy atom. The fourth-order valence-electron chi connectivity index (χ4n) is 4.60. The Hall–Kier alpha value is -3.82. The molecule has 2 amide bonds. The van der Waals surface area contributed by atoms with Gasteiger partial charge in [0.05, 0.1) is 12.7 Å². The number of ether oxygens (including phenoxy) is 2. The van der Waals surface area contributed by atoms with E-state index in [0.29, 0.717) is 17.0 Å².